The highest BCUT2D eigenvalue weighted by Gasteiger charge is 2.49. The number of aromatic nitrogens is 3. The summed E-state index contributed by atoms with van der Waals surface area (Å²) in [7, 11) is 0. The molecule has 2 N–H and O–H groups in total. The molecule has 3 fully saturated rings. The topological polar surface area (TPSA) is 104 Å². The van der Waals surface area contributed by atoms with Crippen molar-refractivity contribution in [3.05, 3.63) is 29.3 Å². The van der Waals surface area contributed by atoms with Crippen LogP contribution in [-0.2, 0) is 4.79 Å². The Kier molecular flexibility index (Phi) is 7.07. The van der Waals surface area contributed by atoms with Crippen LogP contribution >= 0.6 is 11.6 Å². The third-order valence-corrected chi connectivity index (χ3v) is 7.48. The molecule has 3 saturated heterocycles. The van der Waals surface area contributed by atoms with E-state index < -0.39 is 24.1 Å². The van der Waals surface area contributed by atoms with E-state index in [9.17, 15) is 22.0 Å². The molecule has 0 radical (unpaired) electrons. The lowest BCUT2D eigenvalue weighted by atomic mass is 9.95. The predicted molar refractivity (Wildman–Crippen MR) is 127 cm³/mol. The van der Waals surface area contributed by atoms with Crippen molar-refractivity contribution in [1.82, 2.24) is 25.2 Å². The number of halogens is 6. The predicted octanol–water partition coefficient (Wildman–Crippen LogP) is 3.12. The van der Waals surface area contributed by atoms with Crippen LogP contribution in [0.2, 0.25) is 5.15 Å². The number of carbonyl (C=O) groups is 1. The fraction of sp³-hybridized carbons (Fsp3) is 0.565. The van der Waals surface area contributed by atoms with Gasteiger partial charge in [-0.1, -0.05) is 23.8 Å². The van der Waals surface area contributed by atoms with Crippen LogP contribution in [0.4, 0.5) is 27.8 Å². The smallest absolute Gasteiger partial charge is 0.475 e. The van der Waals surface area contributed by atoms with Crippen LogP contribution in [-0.4, -0.2) is 93.7 Å². The second-order valence-electron chi connectivity index (χ2n) is 9.79. The fourth-order valence-corrected chi connectivity index (χ4v) is 5.69. The third kappa shape index (κ3) is 5.21. The molecule has 4 atom stereocenters. The van der Waals surface area contributed by atoms with Gasteiger partial charge in [0.15, 0.2) is 11.0 Å². The second kappa shape index (κ2) is 10.0. The molecular formula is C23H24ClF5N6O3. The highest BCUT2D eigenvalue weighted by atomic mass is 35.5. The number of rotatable bonds is 4. The SMILES string of the molecule is Fc1c(Cl)ncc2c(N3C[C@H]4C=C[C@@H](C3)N4)nc(OC[C@@]34CCCN3C[C@H](F)C4)nc12.O=C(O)C(F)(F)F. The highest BCUT2D eigenvalue weighted by molar-refractivity contribution is 6.30. The van der Waals surface area contributed by atoms with Gasteiger partial charge in [0, 0.05) is 44.3 Å². The Morgan fingerprint density at radius 2 is 1.92 bits per heavy atom. The Balaban J connectivity index is 0.000000374. The van der Waals surface area contributed by atoms with Gasteiger partial charge in [0.1, 0.15) is 24.1 Å². The highest BCUT2D eigenvalue weighted by Crippen LogP contribution is 2.40. The van der Waals surface area contributed by atoms with Crippen LogP contribution in [0.15, 0.2) is 18.3 Å². The lowest BCUT2D eigenvalue weighted by Gasteiger charge is -2.34. The molecule has 0 aliphatic carbocycles. The number of nitrogens with one attached hydrogen (secondary N) is 1. The molecule has 6 rings (SSSR count). The number of anilines is 1. The number of fused-ring (bicyclic) bond motifs is 4. The van der Waals surface area contributed by atoms with Gasteiger partial charge in [0.2, 0.25) is 0 Å². The average molecular weight is 563 g/mol. The molecule has 4 aliphatic rings. The first-order valence-corrected chi connectivity index (χ1v) is 12.4. The molecule has 38 heavy (non-hydrogen) atoms. The van der Waals surface area contributed by atoms with Crippen LogP contribution < -0.4 is 15.0 Å². The number of aliphatic carboxylic acids is 1. The number of hydrogen-bond donors (Lipinski definition) is 2. The Bertz CT molecular complexity index is 1250. The van der Waals surface area contributed by atoms with E-state index in [1.807, 2.05) is 0 Å². The standard InChI is InChI=1S/C21H23ClF2N6O.C2HF3O2/c22-18-16(24)17-15(7-25-18)19(29-9-13-2-3-14(10-29)26-13)28-20(27-17)31-11-21-4-1-5-30(21)8-12(23)6-21;3-2(4,5)1(6)7/h2-3,7,12-14,26H,1,4-6,8-11H2;(H,6,7)/t12-,13-,14+,21+;/m1./s1. The molecule has 0 spiro atoms. The Morgan fingerprint density at radius 1 is 1.24 bits per heavy atom. The largest absolute Gasteiger partial charge is 0.490 e. The molecule has 206 valence electrons. The van der Waals surface area contributed by atoms with Gasteiger partial charge in [-0.3, -0.25) is 4.90 Å². The molecule has 2 bridgehead atoms. The summed E-state index contributed by atoms with van der Waals surface area (Å²) in [6, 6.07) is 0.513. The van der Waals surface area contributed by atoms with Crippen molar-refractivity contribution in [1.29, 1.82) is 0 Å². The van der Waals surface area contributed by atoms with Crippen LogP contribution in [0.5, 0.6) is 6.01 Å². The van der Waals surface area contributed by atoms with E-state index in [0.717, 1.165) is 19.4 Å². The molecule has 0 aromatic carbocycles. The summed E-state index contributed by atoms with van der Waals surface area (Å²) in [5, 5.41) is 10.9. The first kappa shape index (κ1) is 26.8. The van der Waals surface area contributed by atoms with Crippen molar-refractivity contribution in [3.8, 4) is 6.01 Å². The van der Waals surface area contributed by atoms with Gasteiger partial charge in [0.05, 0.1) is 10.9 Å². The summed E-state index contributed by atoms with van der Waals surface area (Å²) in [5.74, 6) is -2.86. The summed E-state index contributed by atoms with van der Waals surface area (Å²) < 4.78 is 66.7. The molecule has 0 amide bonds. The zero-order valence-electron chi connectivity index (χ0n) is 19.9. The number of alkyl halides is 4. The van der Waals surface area contributed by atoms with E-state index in [1.54, 1.807) is 0 Å². The van der Waals surface area contributed by atoms with Gasteiger partial charge in [0.25, 0.3) is 0 Å². The summed E-state index contributed by atoms with van der Waals surface area (Å²) in [4.78, 5) is 26.1. The summed E-state index contributed by atoms with van der Waals surface area (Å²) in [6.07, 6.45) is 2.22. The van der Waals surface area contributed by atoms with E-state index in [-0.39, 0.29) is 40.9 Å². The van der Waals surface area contributed by atoms with Crippen molar-refractivity contribution >= 4 is 34.3 Å². The van der Waals surface area contributed by atoms with Gasteiger partial charge in [-0.05, 0) is 19.4 Å². The number of piperazine rings is 1. The molecule has 2 aromatic rings. The summed E-state index contributed by atoms with van der Waals surface area (Å²) >= 11 is 5.93. The second-order valence-corrected chi connectivity index (χ2v) is 10.1. The van der Waals surface area contributed by atoms with Crippen molar-refractivity contribution in [2.24, 2.45) is 0 Å². The minimum atomic E-state index is -5.08. The monoisotopic (exact) mass is 562 g/mol. The van der Waals surface area contributed by atoms with Crippen LogP contribution in [0.3, 0.4) is 0 Å². The zero-order valence-corrected chi connectivity index (χ0v) is 20.6. The minimum absolute atomic E-state index is 0.0889. The molecule has 6 heterocycles. The third-order valence-electron chi connectivity index (χ3n) is 7.21. The summed E-state index contributed by atoms with van der Waals surface area (Å²) in [5.41, 5.74) is -0.237. The lowest BCUT2D eigenvalue weighted by Crippen LogP contribution is -2.52. The number of nitrogens with zero attached hydrogens (tertiary/aromatic N) is 5. The van der Waals surface area contributed by atoms with Gasteiger partial charge in [-0.15, -0.1) is 0 Å². The van der Waals surface area contributed by atoms with E-state index in [1.165, 1.54) is 6.20 Å². The zero-order chi connectivity index (χ0) is 27.2. The van der Waals surface area contributed by atoms with Crippen molar-refractivity contribution < 1.29 is 36.6 Å². The van der Waals surface area contributed by atoms with Crippen LogP contribution in [0, 0.1) is 5.82 Å². The van der Waals surface area contributed by atoms with Crippen molar-refractivity contribution in [3.63, 3.8) is 0 Å². The molecular weight excluding hydrogens is 539 g/mol. The van der Waals surface area contributed by atoms with Gasteiger partial charge in [-0.2, -0.15) is 23.1 Å². The maximum absolute atomic E-state index is 14.9. The number of carboxylic acids is 1. The van der Waals surface area contributed by atoms with Gasteiger partial charge < -0.3 is 20.1 Å². The first-order valence-electron chi connectivity index (χ1n) is 12.0. The van der Waals surface area contributed by atoms with Crippen molar-refractivity contribution in [2.75, 3.05) is 37.7 Å². The molecule has 9 nitrogen and oxygen atoms in total. The fourth-order valence-electron chi connectivity index (χ4n) is 5.56. The molecule has 2 aromatic heterocycles. The van der Waals surface area contributed by atoms with E-state index >= 15 is 0 Å². The first-order chi connectivity index (χ1) is 17.9. The minimum Gasteiger partial charge on any atom is -0.475 e. The molecule has 15 heteroatoms. The molecule has 0 saturated carbocycles. The molecule has 0 unspecified atom stereocenters. The normalized spacial score (nSPS) is 28.4. The molecule has 4 aliphatic heterocycles. The van der Waals surface area contributed by atoms with Crippen LogP contribution in [0.25, 0.3) is 10.9 Å². The maximum atomic E-state index is 14.9. The number of hydrogen-bond acceptors (Lipinski definition) is 8. The summed E-state index contributed by atoms with van der Waals surface area (Å²) in [6.45, 7) is 3.00. The average Bonchev–Trinajstić information content (AvgIpc) is 3.50. The maximum Gasteiger partial charge on any atom is 0.490 e. The lowest BCUT2D eigenvalue weighted by molar-refractivity contribution is -0.192. The number of carboxylic acid groups (broad SMARTS) is 1. The Labute approximate surface area is 218 Å². The number of ether oxygens (including phenoxy) is 1. The van der Waals surface area contributed by atoms with E-state index in [0.29, 0.717) is 37.3 Å². The van der Waals surface area contributed by atoms with Crippen LogP contribution in [0.1, 0.15) is 19.3 Å². The van der Waals surface area contributed by atoms with E-state index in [4.69, 9.17) is 26.2 Å². The van der Waals surface area contributed by atoms with Gasteiger partial charge in [-0.25, -0.2) is 18.6 Å². The Hall–Kier alpha value is -2.84. The van der Waals surface area contributed by atoms with Crippen molar-refractivity contribution in [2.45, 2.75) is 49.2 Å². The Morgan fingerprint density at radius 3 is 2.58 bits per heavy atom. The quantitative estimate of drug-likeness (QED) is 0.330. The van der Waals surface area contributed by atoms with Gasteiger partial charge >= 0.3 is 18.2 Å². The number of pyridine rings is 1. The van der Waals surface area contributed by atoms with E-state index in [2.05, 4.69) is 42.2 Å².